The highest BCUT2D eigenvalue weighted by Crippen LogP contribution is 2.33. The van der Waals surface area contributed by atoms with Crippen LogP contribution < -0.4 is 5.32 Å². The summed E-state index contributed by atoms with van der Waals surface area (Å²) in [6.45, 7) is 3.58. The number of nitrogens with zero attached hydrogens (tertiary/aromatic N) is 1. The lowest BCUT2D eigenvalue weighted by molar-refractivity contribution is -0.145. The quantitative estimate of drug-likeness (QED) is 0.854. The van der Waals surface area contributed by atoms with E-state index < -0.39 is 17.8 Å². The monoisotopic (exact) mass is 252 g/mol. The van der Waals surface area contributed by atoms with Crippen molar-refractivity contribution in [2.45, 2.75) is 33.1 Å². The van der Waals surface area contributed by atoms with E-state index in [0.29, 0.717) is 24.4 Å². The summed E-state index contributed by atoms with van der Waals surface area (Å²) in [6, 6.07) is 0. The van der Waals surface area contributed by atoms with Crippen LogP contribution in [0.4, 0.5) is 5.88 Å². The van der Waals surface area contributed by atoms with Crippen molar-refractivity contribution in [3.63, 3.8) is 0 Å². The first kappa shape index (κ1) is 12.6. The van der Waals surface area contributed by atoms with Gasteiger partial charge in [0, 0.05) is 5.56 Å². The lowest BCUT2D eigenvalue weighted by atomic mass is 9.95. The van der Waals surface area contributed by atoms with E-state index in [2.05, 4.69) is 10.5 Å². The number of carbonyl (C=O) groups is 2. The minimum atomic E-state index is -0.905. The Morgan fingerprint density at radius 3 is 2.56 bits per heavy atom. The molecule has 0 bridgehead atoms. The van der Waals surface area contributed by atoms with Crippen LogP contribution in [-0.2, 0) is 9.59 Å². The molecule has 0 spiro atoms. The predicted octanol–water partition coefficient (Wildman–Crippen LogP) is 1.73. The van der Waals surface area contributed by atoms with Gasteiger partial charge in [0.2, 0.25) is 11.8 Å². The van der Waals surface area contributed by atoms with Crippen molar-refractivity contribution >= 4 is 17.8 Å². The normalized spacial score (nSPS) is 23.0. The van der Waals surface area contributed by atoms with Crippen LogP contribution in [0.15, 0.2) is 4.52 Å². The average Bonchev–Trinajstić information content (AvgIpc) is 2.91. The standard InChI is InChI=1S/C12H16N2O4/c1-6-7(2)14-18-11(6)13-10(15)8-4-3-5-9(8)12(16)17/h8-9H,3-5H2,1-2H3,(H,13,15)(H,16,17)/t8-,9+/m1/s1. The molecule has 1 saturated carbocycles. The van der Waals surface area contributed by atoms with Gasteiger partial charge < -0.3 is 9.63 Å². The van der Waals surface area contributed by atoms with Gasteiger partial charge in [-0.2, -0.15) is 0 Å². The lowest BCUT2D eigenvalue weighted by Gasteiger charge is -2.14. The Balaban J connectivity index is 2.08. The predicted molar refractivity (Wildman–Crippen MR) is 63.1 cm³/mol. The number of aromatic nitrogens is 1. The Labute approximate surface area is 104 Å². The smallest absolute Gasteiger partial charge is 0.307 e. The average molecular weight is 252 g/mol. The minimum Gasteiger partial charge on any atom is -0.481 e. The first-order valence-electron chi connectivity index (χ1n) is 5.97. The topological polar surface area (TPSA) is 92.4 Å². The molecule has 1 aliphatic rings. The lowest BCUT2D eigenvalue weighted by Crippen LogP contribution is -2.30. The number of rotatable bonds is 3. The van der Waals surface area contributed by atoms with Crippen LogP contribution >= 0.6 is 0 Å². The Kier molecular flexibility index (Phi) is 3.36. The Morgan fingerprint density at radius 2 is 2.00 bits per heavy atom. The number of hydrogen-bond acceptors (Lipinski definition) is 4. The van der Waals surface area contributed by atoms with E-state index in [0.717, 1.165) is 12.0 Å². The number of nitrogens with one attached hydrogen (secondary N) is 1. The van der Waals surface area contributed by atoms with E-state index in [1.807, 2.05) is 0 Å². The molecule has 1 heterocycles. The minimum absolute atomic E-state index is 0.292. The highest BCUT2D eigenvalue weighted by atomic mass is 16.5. The number of carbonyl (C=O) groups excluding carboxylic acids is 1. The van der Waals surface area contributed by atoms with Crippen LogP contribution in [0.1, 0.15) is 30.5 Å². The highest BCUT2D eigenvalue weighted by molar-refractivity contribution is 5.94. The third kappa shape index (κ3) is 2.23. The maximum atomic E-state index is 12.0. The summed E-state index contributed by atoms with van der Waals surface area (Å²) in [5.74, 6) is -1.95. The van der Waals surface area contributed by atoms with Gasteiger partial charge in [0.25, 0.3) is 0 Å². The maximum absolute atomic E-state index is 12.0. The van der Waals surface area contributed by atoms with Gasteiger partial charge in [0.15, 0.2) is 0 Å². The van der Waals surface area contributed by atoms with E-state index in [9.17, 15) is 9.59 Å². The number of amides is 1. The third-order valence-electron chi connectivity index (χ3n) is 3.56. The fraction of sp³-hybridized carbons (Fsp3) is 0.583. The van der Waals surface area contributed by atoms with E-state index in [1.165, 1.54) is 0 Å². The second-order valence-electron chi connectivity index (χ2n) is 4.69. The third-order valence-corrected chi connectivity index (χ3v) is 3.56. The summed E-state index contributed by atoms with van der Waals surface area (Å²) in [6.07, 6.45) is 1.93. The molecule has 1 fully saturated rings. The van der Waals surface area contributed by atoms with E-state index in [-0.39, 0.29) is 5.91 Å². The van der Waals surface area contributed by atoms with Gasteiger partial charge in [-0.15, -0.1) is 0 Å². The van der Waals surface area contributed by atoms with E-state index >= 15 is 0 Å². The Hall–Kier alpha value is -1.85. The van der Waals surface area contributed by atoms with Crippen molar-refractivity contribution in [3.8, 4) is 0 Å². The molecule has 0 saturated heterocycles. The molecule has 98 valence electrons. The first-order valence-corrected chi connectivity index (χ1v) is 5.97. The van der Waals surface area contributed by atoms with Crippen molar-refractivity contribution in [3.05, 3.63) is 11.3 Å². The number of carboxylic acid groups (broad SMARTS) is 1. The molecule has 6 heteroatoms. The first-order chi connectivity index (χ1) is 8.50. The summed E-state index contributed by atoms with van der Waals surface area (Å²) in [7, 11) is 0. The van der Waals surface area contributed by atoms with Crippen LogP contribution in [0, 0.1) is 25.7 Å². The van der Waals surface area contributed by atoms with Gasteiger partial charge in [-0.05, 0) is 26.7 Å². The fourth-order valence-corrected chi connectivity index (χ4v) is 2.31. The van der Waals surface area contributed by atoms with Crippen LogP contribution in [0.2, 0.25) is 0 Å². The number of aryl methyl sites for hydroxylation is 1. The number of hydrogen-bond donors (Lipinski definition) is 2. The van der Waals surface area contributed by atoms with Gasteiger partial charge in [-0.1, -0.05) is 11.6 Å². The van der Waals surface area contributed by atoms with Crippen molar-refractivity contribution in [2.75, 3.05) is 5.32 Å². The van der Waals surface area contributed by atoms with Gasteiger partial charge in [0.1, 0.15) is 0 Å². The maximum Gasteiger partial charge on any atom is 0.307 e. The van der Waals surface area contributed by atoms with E-state index in [1.54, 1.807) is 13.8 Å². The van der Waals surface area contributed by atoms with Crippen LogP contribution in [0.25, 0.3) is 0 Å². The summed E-state index contributed by atoms with van der Waals surface area (Å²) in [5.41, 5.74) is 1.49. The molecule has 18 heavy (non-hydrogen) atoms. The van der Waals surface area contributed by atoms with Crippen molar-refractivity contribution < 1.29 is 19.2 Å². The largest absolute Gasteiger partial charge is 0.481 e. The zero-order valence-corrected chi connectivity index (χ0v) is 10.4. The molecule has 1 amide bonds. The van der Waals surface area contributed by atoms with Gasteiger partial charge in [-0.25, -0.2) is 0 Å². The zero-order chi connectivity index (χ0) is 13.3. The number of aliphatic carboxylic acids is 1. The molecule has 0 aliphatic heterocycles. The molecule has 2 atom stereocenters. The van der Waals surface area contributed by atoms with Crippen molar-refractivity contribution in [1.29, 1.82) is 0 Å². The van der Waals surface area contributed by atoms with Crippen LogP contribution in [-0.4, -0.2) is 22.1 Å². The molecule has 2 N–H and O–H groups in total. The Bertz CT molecular complexity index is 480. The highest BCUT2D eigenvalue weighted by Gasteiger charge is 2.38. The van der Waals surface area contributed by atoms with Crippen LogP contribution in [0.3, 0.4) is 0 Å². The van der Waals surface area contributed by atoms with E-state index in [4.69, 9.17) is 9.63 Å². The van der Waals surface area contributed by atoms with Gasteiger partial charge >= 0.3 is 5.97 Å². The summed E-state index contributed by atoms with van der Waals surface area (Å²) in [5, 5.41) is 15.4. The summed E-state index contributed by atoms with van der Waals surface area (Å²) in [4.78, 5) is 23.1. The Morgan fingerprint density at radius 1 is 1.33 bits per heavy atom. The summed E-state index contributed by atoms with van der Waals surface area (Å²) >= 11 is 0. The second kappa shape index (κ2) is 4.80. The molecule has 1 aliphatic carbocycles. The molecule has 1 aromatic heterocycles. The molecule has 1 aromatic rings. The van der Waals surface area contributed by atoms with Crippen molar-refractivity contribution in [1.82, 2.24) is 5.16 Å². The summed E-state index contributed by atoms with van der Waals surface area (Å²) < 4.78 is 4.99. The molecule has 0 radical (unpaired) electrons. The number of anilines is 1. The zero-order valence-electron chi connectivity index (χ0n) is 10.4. The SMILES string of the molecule is Cc1noc(NC(=O)[C@@H]2CCC[C@@H]2C(=O)O)c1C. The van der Waals surface area contributed by atoms with Crippen molar-refractivity contribution in [2.24, 2.45) is 11.8 Å². The molecule has 0 aromatic carbocycles. The molecular formula is C12H16N2O4. The fourth-order valence-electron chi connectivity index (χ4n) is 2.31. The molecule has 2 rings (SSSR count). The molecule has 6 nitrogen and oxygen atoms in total. The second-order valence-corrected chi connectivity index (χ2v) is 4.69. The van der Waals surface area contributed by atoms with Gasteiger partial charge in [-0.3, -0.25) is 14.9 Å². The van der Waals surface area contributed by atoms with Crippen LogP contribution in [0.5, 0.6) is 0 Å². The number of carboxylic acids is 1. The molecule has 0 unspecified atom stereocenters. The molecular weight excluding hydrogens is 236 g/mol. The van der Waals surface area contributed by atoms with Gasteiger partial charge in [0.05, 0.1) is 17.5 Å².